The lowest BCUT2D eigenvalue weighted by atomic mass is 10.0. The Kier molecular flexibility index (Phi) is 4.44. The van der Waals surface area contributed by atoms with Crippen molar-refractivity contribution in [3.63, 3.8) is 0 Å². The molecular formula is C14H22ClN3. The number of hydrogen-bond donors (Lipinski definition) is 0. The van der Waals surface area contributed by atoms with E-state index in [1.54, 1.807) is 6.33 Å². The van der Waals surface area contributed by atoms with Crippen molar-refractivity contribution in [3.8, 4) is 0 Å². The minimum atomic E-state index is 0.351. The minimum absolute atomic E-state index is 0.351. The Labute approximate surface area is 115 Å². The van der Waals surface area contributed by atoms with E-state index in [0.29, 0.717) is 17.1 Å². The maximum Gasteiger partial charge on any atom is 0.138 e. The standard InChI is InChI=1S/C14H22ClN3/c1-10(2)12-13(15)16-9-17-14(12)18-8-6-4-5-7-11(18)3/h9-11H,4-8H2,1-3H3. The maximum atomic E-state index is 6.25. The van der Waals surface area contributed by atoms with Crippen LogP contribution in [0.25, 0.3) is 0 Å². The van der Waals surface area contributed by atoms with Gasteiger partial charge in [-0.05, 0) is 25.7 Å². The summed E-state index contributed by atoms with van der Waals surface area (Å²) >= 11 is 6.25. The quantitative estimate of drug-likeness (QED) is 0.758. The van der Waals surface area contributed by atoms with Crippen molar-refractivity contribution in [1.29, 1.82) is 0 Å². The van der Waals surface area contributed by atoms with Crippen LogP contribution >= 0.6 is 11.6 Å². The van der Waals surface area contributed by atoms with Crippen LogP contribution < -0.4 is 4.90 Å². The Hall–Kier alpha value is -0.830. The number of nitrogens with zero attached hydrogens (tertiary/aromatic N) is 3. The summed E-state index contributed by atoms with van der Waals surface area (Å²) in [7, 11) is 0. The summed E-state index contributed by atoms with van der Waals surface area (Å²) in [6, 6.07) is 0.538. The van der Waals surface area contributed by atoms with E-state index >= 15 is 0 Å². The fraction of sp³-hybridized carbons (Fsp3) is 0.714. The second kappa shape index (κ2) is 5.87. The summed E-state index contributed by atoms with van der Waals surface area (Å²) < 4.78 is 0. The van der Waals surface area contributed by atoms with Crippen LogP contribution in [-0.2, 0) is 0 Å². The first kappa shape index (κ1) is 13.6. The zero-order valence-corrected chi connectivity index (χ0v) is 12.2. The van der Waals surface area contributed by atoms with E-state index < -0.39 is 0 Å². The molecule has 0 spiro atoms. The fourth-order valence-electron chi connectivity index (χ4n) is 2.68. The predicted molar refractivity (Wildman–Crippen MR) is 76.4 cm³/mol. The first-order valence-corrected chi connectivity index (χ1v) is 7.26. The maximum absolute atomic E-state index is 6.25. The van der Waals surface area contributed by atoms with Crippen LogP contribution in [0.4, 0.5) is 5.82 Å². The van der Waals surface area contributed by atoms with Crippen molar-refractivity contribution < 1.29 is 0 Å². The molecule has 1 aromatic heterocycles. The summed E-state index contributed by atoms with van der Waals surface area (Å²) in [6.07, 6.45) is 6.69. The van der Waals surface area contributed by atoms with Crippen molar-refractivity contribution >= 4 is 17.4 Å². The van der Waals surface area contributed by atoms with Gasteiger partial charge in [0.05, 0.1) is 0 Å². The van der Waals surface area contributed by atoms with Gasteiger partial charge in [0.2, 0.25) is 0 Å². The van der Waals surface area contributed by atoms with Crippen molar-refractivity contribution in [3.05, 3.63) is 17.0 Å². The second-order valence-electron chi connectivity index (χ2n) is 5.45. The molecule has 2 heterocycles. The van der Waals surface area contributed by atoms with E-state index in [1.807, 2.05) is 0 Å². The summed E-state index contributed by atoms with van der Waals surface area (Å²) in [6.45, 7) is 7.66. The second-order valence-corrected chi connectivity index (χ2v) is 5.81. The van der Waals surface area contributed by atoms with Gasteiger partial charge in [-0.25, -0.2) is 9.97 Å². The zero-order valence-electron chi connectivity index (χ0n) is 11.5. The molecule has 1 saturated heterocycles. The number of hydrogen-bond acceptors (Lipinski definition) is 3. The van der Waals surface area contributed by atoms with Crippen LogP contribution in [0, 0.1) is 0 Å². The van der Waals surface area contributed by atoms with Gasteiger partial charge in [-0.1, -0.05) is 38.3 Å². The molecule has 0 saturated carbocycles. The third-order valence-corrected chi connectivity index (χ3v) is 4.02. The van der Waals surface area contributed by atoms with Crippen LogP contribution in [0.15, 0.2) is 6.33 Å². The number of aromatic nitrogens is 2. The smallest absolute Gasteiger partial charge is 0.138 e. The number of anilines is 1. The van der Waals surface area contributed by atoms with Gasteiger partial charge in [0.25, 0.3) is 0 Å². The van der Waals surface area contributed by atoms with Crippen molar-refractivity contribution in [1.82, 2.24) is 9.97 Å². The molecule has 0 radical (unpaired) electrons. The Morgan fingerprint density at radius 3 is 2.78 bits per heavy atom. The fourth-order valence-corrected chi connectivity index (χ4v) is 3.03. The first-order chi connectivity index (χ1) is 8.61. The lowest BCUT2D eigenvalue weighted by Gasteiger charge is -2.31. The van der Waals surface area contributed by atoms with E-state index in [2.05, 4.69) is 35.6 Å². The summed E-state index contributed by atoms with van der Waals surface area (Å²) in [5, 5.41) is 0.603. The lowest BCUT2D eigenvalue weighted by Crippen LogP contribution is -2.34. The monoisotopic (exact) mass is 267 g/mol. The molecule has 0 bridgehead atoms. The van der Waals surface area contributed by atoms with E-state index in [0.717, 1.165) is 17.9 Å². The third-order valence-electron chi connectivity index (χ3n) is 3.72. The van der Waals surface area contributed by atoms with Crippen LogP contribution in [0.2, 0.25) is 5.15 Å². The molecule has 3 nitrogen and oxygen atoms in total. The molecular weight excluding hydrogens is 246 g/mol. The molecule has 1 aliphatic heterocycles. The van der Waals surface area contributed by atoms with Crippen molar-refractivity contribution in [2.75, 3.05) is 11.4 Å². The molecule has 1 fully saturated rings. The topological polar surface area (TPSA) is 29.0 Å². The summed E-state index contributed by atoms with van der Waals surface area (Å²) in [5.74, 6) is 1.39. The zero-order chi connectivity index (χ0) is 13.1. The van der Waals surface area contributed by atoms with Gasteiger partial charge < -0.3 is 4.90 Å². The summed E-state index contributed by atoms with van der Waals surface area (Å²) in [4.78, 5) is 11.1. The normalized spacial score (nSPS) is 21.2. The molecule has 0 N–H and O–H groups in total. The Bertz CT molecular complexity index is 406. The predicted octanol–water partition coefficient (Wildman–Crippen LogP) is 4.02. The van der Waals surface area contributed by atoms with Crippen LogP contribution in [0.1, 0.15) is 57.9 Å². The van der Waals surface area contributed by atoms with E-state index in [9.17, 15) is 0 Å². The highest BCUT2D eigenvalue weighted by Crippen LogP contribution is 2.33. The Balaban J connectivity index is 2.39. The molecule has 0 amide bonds. The van der Waals surface area contributed by atoms with Crippen LogP contribution in [0.5, 0.6) is 0 Å². The lowest BCUT2D eigenvalue weighted by molar-refractivity contribution is 0.606. The Morgan fingerprint density at radius 2 is 2.06 bits per heavy atom. The van der Waals surface area contributed by atoms with Gasteiger partial charge in [-0.2, -0.15) is 0 Å². The van der Waals surface area contributed by atoms with Crippen LogP contribution in [-0.4, -0.2) is 22.6 Å². The molecule has 0 aromatic carbocycles. The van der Waals surface area contributed by atoms with Gasteiger partial charge in [-0.3, -0.25) is 0 Å². The van der Waals surface area contributed by atoms with Crippen molar-refractivity contribution in [2.45, 2.75) is 58.4 Å². The highest BCUT2D eigenvalue weighted by molar-refractivity contribution is 6.30. The van der Waals surface area contributed by atoms with Gasteiger partial charge in [0, 0.05) is 18.2 Å². The van der Waals surface area contributed by atoms with E-state index in [1.165, 1.54) is 25.7 Å². The van der Waals surface area contributed by atoms with Crippen LogP contribution in [0.3, 0.4) is 0 Å². The molecule has 1 aliphatic rings. The average molecular weight is 268 g/mol. The SMILES string of the molecule is CC(C)c1c(Cl)ncnc1N1CCCCCC1C. The largest absolute Gasteiger partial charge is 0.354 e. The highest BCUT2D eigenvalue weighted by atomic mass is 35.5. The van der Waals surface area contributed by atoms with E-state index in [4.69, 9.17) is 11.6 Å². The molecule has 2 rings (SSSR count). The van der Waals surface area contributed by atoms with E-state index in [-0.39, 0.29) is 0 Å². The molecule has 100 valence electrons. The minimum Gasteiger partial charge on any atom is -0.354 e. The summed E-state index contributed by atoms with van der Waals surface area (Å²) in [5.41, 5.74) is 1.09. The molecule has 1 unspecified atom stereocenters. The molecule has 1 aromatic rings. The molecule has 18 heavy (non-hydrogen) atoms. The highest BCUT2D eigenvalue weighted by Gasteiger charge is 2.23. The van der Waals surface area contributed by atoms with Gasteiger partial charge in [0.15, 0.2) is 0 Å². The van der Waals surface area contributed by atoms with Gasteiger partial charge in [0.1, 0.15) is 17.3 Å². The van der Waals surface area contributed by atoms with Gasteiger partial charge >= 0.3 is 0 Å². The average Bonchev–Trinajstić information content (AvgIpc) is 2.53. The van der Waals surface area contributed by atoms with Gasteiger partial charge in [-0.15, -0.1) is 0 Å². The number of halogens is 1. The first-order valence-electron chi connectivity index (χ1n) is 6.88. The Morgan fingerprint density at radius 1 is 1.28 bits per heavy atom. The number of rotatable bonds is 2. The third kappa shape index (κ3) is 2.77. The van der Waals surface area contributed by atoms with Crippen molar-refractivity contribution in [2.24, 2.45) is 0 Å². The molecule has 1 atom stereocenters. The molecule has 4 heteroatoms. The molecule has 0 aliphatic carbocycles.